The summed E-state index contributed by atoms with van der Waals surface area (Å²) in [6.07, 6.45) is 0.0826. The fourth-order valence-electron chi connectivity index (χ4n) is 2.05. The van der Waals surface area contributed by atoms with Crippen molar-refractivity contribution in [3.05, 3.63) is 24.3 Å². The molecule has 4 N–H and O–H groups in total. The number of hydrogen-bond acceptors (Lipinski definition) is 4. The van der Waals surface area contributed by atoms with Crippen LogP contribution in [0.3, 0.4) is 0 Å². The SMILES string of the molecule is CC(=O)Nc1ccc(NC(=O)C[C@@H]2NCCNC2=O)cc1. The number of piperazine rings is 1. The highest BCUT2D eigenvalue weighted by Gasteiger charge is 2.23. The largest absolute Gasteiger partial charge is 0.353 e. The fourth-order valence-corrected chi connectivity index (χ4v) is 2.05. The minimum Gasteiger partial charge on any atom is -0.353 e. The van der Waals surface area contributed by atoms with Crippen LogP contribution in [-0.4, -0.2) is 36.9 Å². The lowest BCUT2D eigenvalue weighted by molar-refractivity contribution is -0.127. The standard InChI is InChI=1S/C14H18N4O3/c1-9(19)17-10-2-4-11(5-3-10)18-13(20)8-12-14(21)16-7-6-15-12/h2-5,12,15H,6-8H2,1H3,(H,16,21)(H,17,19)(H,18,20)/t12-/m0/s1. The molecule has 21 heavy (non-hydrogen) atoms. The Balaban J connectivity index is 1.87. The van der Waals surface area contributed by atoms with Crippen molar-refractivity contribution in [2.24, 2.45) is 0 Å². The van der Waals surface area contributed by atoms with E-state index in [1.807, 2.05) is 0 Å². The zero-order valence-electron chi connectivity index (χ0n) is 11.7. The van der Waals surface area contributed by atoms with Crippen molar-refractivity contribution in [2.75, 3.05) is 23.7 Å². The summed E-state index contributed by atoms with van der Waals surface area (Å²) >= 11 is 0. The van der Waals surface area contributed by atoms with Gasteiger partial charge < -0.3 is 21.3 Å². The van der Waals surface area contributed by atoms with Crippen LogP contribution in [0.1, 0.15) is 13.3 Å². The van der Waals surface area contributed by atoms with E-state index in [0.29, 0.717) is 24.5 Å². The second-order valence-corrected chi connectivity index (χ2v) is 4.81. The first-order valence-electron chi connectivity index (χ1n) is 6.73. The van der Waals surface area contributed by atoms with Gasteiger partial charge in [-0.1, -0.05) is 0 Å². The molecule has 1 heterocycles. The zero-order chi connectivity index (χ0) is 15.2. The van der Waals surface area contributed by atoms with E-state index in [2.05, 4.69) is 21.3 Å². The molecule has 2 rings (SSSR count). The second-order valence-electron chi connectivity index (χ2n) is 4.81. The molecule has 1 atom stereocenters. The van der Waals surface area contributed by atoms with Crippen LogP contribution in [0.5, 0.6) is 0 Å². The lowest BCUT2D eigenvalue weighted by atomic mass is 10.1. The number of hydrogen-bond donors (Lipinski definition) is 4. The van der Waals surface area contributed by atoms with Crippen molar-refractivity contribution < 1.29 is 14.4 Å². The summed E-state index contributed by atoms with van der Waals surface area (Å²) in [5.74, 6) is -0.546. The van der Waals surface area contributed by atoms with Crippen LogP contribution < -0.4 is 21.3 Å². The molecule has 1 fully saturated rings. The Morgan fingerprint density at radius 2 is 1.76 bits per heavy atom. The number of rotatable bonds is 4. The fraction of sp³-hybridized carbons (Fsp3) is 0.357. The van der Waals surface area contributed by atoms with Gasteiger partial charge in [-0.25, -0.2) is 0 Å². The smallest absolute Gasteiger partial charge is 0.237 e. The van der Waals surface area contributed by atoms with Crippen LogP contribution in [0.15, 0.2) is 24.3 Å². The second kappa shape index (κ2) is 6.85. The molecule has 0 aromatic heterocycles. The summed E-state index contributed by atoms with van der Waals surface area (Å²) in [5, 5.41) is 11.1. The van der Waals surface area contributed by atoms with Gasteiger partial charge in [0.05, 0.1) is 12.5 Å². The van der Waals surface area contributed by atoms with Gasteiger partial charge in [-0.2, -0.15) is 0 Å². The van der Waals surface area contributed by atoms with E-state index >= 15 is 0 Å². The minimum absolute atomic E-state index is 0.0826. The molecule has 1 aromatic rings. The number of carbonyl (C=O) groups is 3. The molecule has 1 saturated heterocycles. The predicted molar refractivity (Wildman–Crippen MR) is 78.8 cm³/mol. The van der Waals surface area contributed by atoms with Gasteiger partial charge in [0.25, 0.3) is 0 Å². The average molecular weight is 290 g/mol. The topological polar surface area (TPSA) is 99.3 Å². The number of nitrogens with one attached hydrogen (secondary N) is 4. The lowest BCUT2D eigenvalue weighted by Crippen LogP contribution is -2.53. The highest BCUT2D eigenvalue weighted by atomic mass is 16.2. The summed E-state index contributed by atoms with van der Waals surface area (Å²) in [6.45, 7) is 2.68. The average Bonchev–Trinajstić information content (AvgIpc) is 2.43. The van der Waals surface area contributed by atoms with Gasteiger partial charge in [-0.3, -0.25) is 14.4 Å². The normalized spacial score (nSPS) is 17.8. The van der Waals surface area contributed by atoms with Gasteiger partial charge in [0.15, 0.2) is 0 Å². The monoisotopic (exact) mass is 290 g/mol. The van der Waals surface area contributed by atoms with Gasteiger partial charge in [-0.15, -0.1) is 0 Å². The van der Waals surface area contributed by atoms with E-state index < -0.39 is 6.04 Å². The molecule has 0 unspecified atom stereocenters. The molecule has 1 aliphatic rings. The minimum atomic E-state index is -0.489. The molecule has 1 aliphatic heterocycles. The van der Waals surface area contributed by atoms with E-state index in [9.17, 15) is 14.4 Å². The molecule has 112 valence electrons. The third-order valence-corrected chi connectivity index (χ3v) is 3.01. The number of anilines is 2. The van der Waals surface area contributed by atoms with E-state index in [4.69, 9.17) is 0 Å². The van der Waals surface area contributed by atoms with Crippen LogP contribution in [0, 0.1) is 0 Å². The van der Waals surface area contributed by atoms with E-state index in [1.54, 1.807) is 24.3 Å². The molecule has 0 spiro atoms. The Morgan fingerprint density at radius 3 is 2.33 bits per heavy atom. The van der Waals surface area contributed by atoms with Crippen LogP contribution in [-0.2, 0) is 14.4 Å². The molecule has 7 nitrogen and oxygen atoms in total. The maximum absolute atomic E-state index is 11.9. The highest BCUT2D eigenvalue weighted by molar-refractivity contribution is 5.96. The van der Waals surface area contributed by atoms with E-state index in [-0.39, 0.29) is 24.1 Å². The van der Waals surface area contributed by atoms with Gasteiger partial charge in [0.1, 0.15) is 0 Å². The van der Waals surface area contributed by atoms with E-state index in [1.165, 1.54) is 6.92 Å². The van der Waals surface area contributed by atoms with Gasteiger partial charge >= 0.3 is 0 Å². The summed E-state index contributed by atoms with van der Waals surface area (Å²) in [7, 11) is 0. The number of amides is 3. The molecule has 3 amide bonds. The molecule has 0 aliphatic carbocycles. The van der Waals surface area contributed by atoms with Crippen LogP contribution in [0.25, 0.3) is 0 Å². The Hall–Kier alpha value is -2.41. The van der Waals surface area contributed by atoms with Gasteiger partial charge in [-0.05, 0) is 24.3 Å². The highest BCUT2D eigenvalue weighted by Crippen LogP contribution is 2.14. The quantitative estimate of drug-likeness (QED) is 0.630. The van der Waals surface area contributed by atoms with Crippen molar-refractivity contribution in [3.63, 3.8) is 0 Å². The predicted octanol–water partition coefficient (Wildman–Crippen LogP) is 0.0616. The van der Waals surface area contributed by atoms with Gasteiger partial charge in [0, 0.05) is 31.4 Å². The molecule has 0 saturated carbocycles. The molecular weight excluding hydrogens is 272 g/mol. The molecule has 7 heteroatoms. The molecular formula is C14H18N4O3. The van der Waals surface area contributed by atoms with Crippen LogP contribution in [0.4, 0.5) is 11.4 Å². The van der Waals surface area contributed by atoms with Crippen molar-refractivity contribution in [1.29, 1.82) is 0 Å². The summed E-state index contributed by atoms with van der Waals surface area (Å²) in [5.41, 5.74) is 1.28. The Morgan fingerprint density at radius 1 is 1.14 bits per heavy atom. The van der Waals surface area contributed by atoms with E-state index in [0.717, 1.165) is 0 Å². The molecule has 0 bridgehead atoms. The van der Waals surface area contributed by atoms with Crippen LogP contribution >= 0.6 is 0 Å². The van der Waals surface area contributed by atoms with Crippen molar-refractivity contribution >= 4 is 29.1 Å². The first-order chi connectivity index (χ1) is 10.0. The Labute approximate surface area is 122 Å². The number of benzene rings is 1. The summed E-state index contributed by atoms with van der Waals surface area (Å²) in [6, 6.07) is 6.29. The van der Waals surface area contributed by atoms with Crippen molar-refractivity contribution in [3.8, 4) is 0 Å². The maximum Gasteiger partial charge on any atom is 0.237 e. The van der Waals surface area contributed by atoms with Crippen LogP contribution in [0.2, 0.25) is 0 Å². The maximum atomic E-state index is 11.9. The molecule has 0 radical (unpaired) electrons. The van der Waals surface area contributed by atoms with Crippen molar-refractivity contribution in [1.82, 2.24) is 10.6 Å². The third-order valence-electron chi connectivity index (χ3n) is 3.01. The Kier molecular flexibility index (Phi) is 4.89. The first kappa shape index (κ1) is 15.0. The summed E-state index contributed by atoms with van der Waals surface area (Å²) < 4.78 is 0. The number of carbonyl (C=O) groups excluding carboxylic acids is 3. The van der Waals surface area contributed by atoms with Gasteiger partial charge in [0.2, 0.25) is 17.7 Å². The summed E-state index contributed by atoms with van der Waals surface area (Å²) in [4.78, 5) is 34.3. The Bertz CT molecular complexity index is 542. The molecule has 1 aromatic carbocycles. The zero-order valence-corrected chi connectivity index (χ0v) is 11.7. The first-order valence-corrected chi connectivity index (χ1v) is 6.73. The third kappa shape index (κ3) is 4.57. The van der Waals surface area contributed by atoms with Crippen molar-refractivity contribution in [2.45, 2.75) is 19.4 Å². The lowest BCUT2D eigenvalue weighted by Gasteiger charge is -2.22.